The SMILES string of the molecule is Cc1ccccc1NC(=O)[C@H]1CSCN1S(=O)(=O)N(C)C. The second-order valence-electron chi connectivity index (χ2n) is 5.00. The van der Waals surface area contributed by atoms with Gasteiger partial charge in [-0.2, -0.15) is 17.0 Å². The van der Waals surface area contributed by atoms with Gasteiger partial charge in [-0.1, -0.05) is 18.2 Å². The Kier molecular flexibility index (Phi) is 4.92. The molecule has 0 radical (unpaired) electrons. The van der Waals surface area contributed by atoms with E-state index in [1.165, 1.54) is 30.2 Å². The molecule has 116 valence electrons. The summed E-state index contributed by atoms with van der Waals surface area (Å²) in [5.74, 6) is 0.469. The van der Waals surface area contributed by atoms with E-state index in [1.54, 1.807) is 6.07 Å². The largest absolute Gasteiger partial charge is 0.324 e. The first-order chi connectivity index (χ1) is 9.84. The van der Waals surface area contributed by atoms with Gasteiger partial charge in [-0.3, -0.25) is 4.79 Å². The van der Waals surface area contributed by atoms with Gasteiger partial charge >= 0.3 is 0 Å². The molecule has 2 rings (SSSR count). The molecule has 1 aromatic carbocycles. The molecule has 6 nitrogen and oxygen atoms in total. The number of hydrogen-bond acceptors (Lipinski definition) is 4. The summed E-state index contributed by atoms with van der Waals surface area (Å²) >= 11 is 1.44. The highest BCUT2D eigenvalue weighted by atomic mass is 32.2. The van der Waals surface area contributed by atoms with Crippen LogP contribution in [0.1, 0.15) is 5.56 Å². The van der Waals surface area contributed by atoms with Crippen LogP contribution in [0.2, 0.25) is 0 Å². The summed E-state index contributed by atoms with van der Waals surface area (Å²) in [6, 6.07) is 6.74. The van der Waals surface area contributed by atoms with Crippen molar-refractivity contribution in [2.24, 2.45) is 0 Å². The van der Waals surface area contributed by atoms with E-state index in [-0.39, 0.29) is 5.91 Å². The number of rotatable bonds is 4. The van der Waals surface area contributed by atoms with Crippen molar-refractivity contribution in [3.8, 4) is 0 Å². The Morgan fingerprint density at radius 2 is 2.05 bits per heavy atom. The molecule has 0 bridgehead atoms. The average molecular weight is 329 g/mol. The zero-order valence-corrected chi connectivity index (χ0v) is 13.9. The second kappa shape index (κ2) is 6.35. The fraction of sp³-hybridized carbons (Fsp3) is 0.462. The highest BCUT2D eigenvalue weighted by Crippen LogP contribution is 2.26. The van der Waals surface area contributed by atoms with Gasteiger partial charge in [0.2, 0.25) is 5.91 Å². The molecule has 1 aromatic rings. The minimum Gasteiger partial charge on any atom is -0.324 e. The first kappa shape index (κ1) is 16.3. The number of para-hydroxylation sites is 1. The van der Waals surface area contributed by atoms with Crippen molar-refractivity contribution in [3.05, 3.63) is 29.8 Å². The first-order valence-corrected chi connectivity index (χ1v) is 9.02. The zero-order valence-electron chi connectivity index (χ0n) is 12.2. The van der Waals surface area contributed by atoms with Crippen LogP contribution in [0.15, 0.2) is 24.3 Å². The lowest BCUT2D eigenvalue weighted by Crippen LogP contribution is -2.48. The molecule has 21 heavy (non-hydrogen) atoms. The molecule has 1 heterocycles. The van der Waals surface area contributed by atoms with Gasteiger partial charge in [0, 0.05) is 25.5 Å². The van der Waals surface area contributed by atoms with Crippen LogP contribution in [0.25, 0.3) is 0 Å². The fourth-order valence-corrected chi connectivity index (χ4v) is 4.78. The minimum absolute atomic E-state index is 0.292. The van der Waals surface area contributed by atoms with Crippen molar-refractivity contribution in [3.63, 3.8) is 0 Å². The monoisotopic (exact) mass is 329 g/mol. The molecule has 0 aromatic heterocycles. The fourth-order valence-electron chi connectivity index (χ4n) is 2.00. The van der Waals surface area contributed by atoms with Crippen LogP contribution in [-0.2, 0) is 15.0 Å². The van der Waals surface area contributed by atoms with E-state index in [2.05, 4.69) is 5.32 Å². The van der Waals surface area contributed by atoms with Gasteiger partial charge in [0.25, 0.3) is 10.2 Å². The number of aryl methyl sites for hydroxylation is 1. The van der Waals surface area contributed by atoms with Crippen molar-refractivity contribution in [1.29, 1.82) is 0 Å². The number of thioether (sulfide) groups is 1. The Balaban J connectivity index is 2.17. The maximum atomic E-state index is 12.4. The normalized spacial score (nSPS) is 19.9. The van der Waals surface area contributed by atoms with E-state index in [4.69, 9.17) is 0 Å². The quantitative estimate of drug-likeness (QED) is 0.898. The van der Waals surface area contributed by atoms with Gasteiger partial charge in [-0.25, -0.2) is 0 Å². The van der Waals surface area contributed by atoms with E-state index < -0.39 is 16.3 Å². The van der Waals surface area contributed by atoms with E-state index in [9.17, 15) is 13.2 Å². The molecule has 0 unspecified atom stereocenters. The smallest absolute Gasteiger partial charge is 0.282 e. The van der Waals surface area contributed by atoms with Crippen molar-refractivity contribution < 1.29 is 13.2 Å². The zero-order chi connectivity index (χ0) is 15.6. The molecule has 1 saturated heterocycles. The average Bonchev–Trinajstić information content (AvgIpc) is 2.91. The number of anilines is 1. The standard InChI is InChI=1S/C13H19N3O3S2/c1-10-6-4-5-7-11(10)14-13(17)12-8-20-9-16(12)21(18,19)15(2)3/h4-7,12H,8-9H2,1-3H3,(H,14,17)/t12-/m1/s1. The summed E-state index contributed by atoms with van der Waals surface area (Å²) in [5, 5.41) is 2.82. The summed E-state index contributed by atoms with van der Waals surface area (Å²) < 4.78 is 26.8. The van der Waals surface area contributed by atoms with Gasteiger partial charge < -0.3 is 5.32 Å². The highest BCUT2D eigenvalue weighted by molar-refractivity contribution is 8.00. The Morgan fingerprint density at radius 3 is 2.67 bits per heavy atom. The third-order valence-corrected chi connectivity index (χ3v) is 6.38. The second-order valence-corrected chi connectivity index (χ2v) is 8.09. The van der Waals surface area contributed by atoms with Crippen molar-refractivity contribution in [2.45, 2.75) is 13.0 Å². The maximum Gasteiger partial charge on any atom is 0.282 e. The van der Waals surface area contributed by atoms with Crippen LogP contribution in [0, 0.1) is 6.92 Å². The summed E-state index contributed by atoms with van der Waals surface area (Å²) in [6.07, 6.45) is 0. The van der Waals surface area contributed by atoms with Gasteiger partial charge in [0.15, 0.2) is 0 Å². The summed E-state index contributed by atoms with van der Waals surface area (Å²) in [6.45, 7) is 1.90. The van der Waals surface area contributed by atoms with Crippen LogP contribution < -0.4 is 5.32 Å². The lowest BCUT2D eigenvalue weighted by atomic mass is 10.2. The molecule has 1 amide bonds. The summed E-state index contributed by atoms with van der Waals surface area (Å²) in [4.78, 5) is 12.4. The van der Waals surface area contributed by atoms with Crippen LogP contribution in [-0.4, -0.2) is 54.7 Å². The van der Waals surface area contributed by atoms with Gasteiger partial charge in [0.05, 0.1) is 5.88 Å². The van der Waals surface area contributed by atoms with Gasteiger partial charge in [0.1, 0.15) is 6.04 Å². The third kappa shape index (κ3) is 3.39. The lowest BCUT2D eigenvalue weighted by molar-refractivity contribution is -0.118. The van der Waals surface area contributed by atoms with Crippen LogP contribution in [0.4, 0.5) is 5.69 Å². The molecule has 1 atom stereocenters. The molecule has 1 fully saturated rings. The van der Waals surface area contributed by atoms with E-state index in [0.29, 0.717) is 17.3 Å². The molecule has 8 heteroatoms. The summed E-state index contributed by atoms with van der Waals surface area (Å²) in [5.41, 5.74) is 1.65. The molecule has 1 N–H and O–H groups in total. The molecule has 0 spiro atoms. The highest BCUT2D eigenvalue weighted by Gasteiger charge is 2.40. The molecule has 1 aliphatic heterocycles. The predicted molar refractivity (Wildman–Crippen MR) is 85.4 cm³/mol. The number of hydrogen-bond donors (Lipinski definition) is 1. The summed E-state index contributed by atoms with van der Waals surface area (Å²) in [7, 11) is -0.654. The number of benzene rings is 1. The van der Waals surface area contributed by atoms with Gasteiger partial charge in [-0.15, -0.1) is 11.8 Å². The van der Waals surface area contributed by atoms with E-state index >= 15 is 0 Å². The third-order valence-electron chi connectivity index (χ3n) is 3.31. The van der Waals surface area contributed by atoms with Crippen molar-refractivity contribution >= 4 is 33.6 Å². The van der Waals surface area contributed by atoms with Crippen LogP contribution in [0.5, 0.6) is 0 Å². The Bertz CT molecular complexity index is 631. The Morgan fingerprint density at radius 1 is 1.38 bits per heavy atom. The van der Waals surface area contributed by atoms with E-state index in [1.807, 2.05) is 25.1 Å². The molecular weight excluding hydrogens is 310 g/mol. The number of carbonyl (C=O) groups excluding carboxylic acids is 1. The number of carbonyl (C=O) groups is 1. The van der Waals surface area contributed by atoms with Crippen molar-refractivity contribution in [2.75, 3.05) is 31.0 Å². The molecule has 1 aliphatic rings. The Labute approximate surface area is 129 Å². The van der Waals surface area contributed by atoms with Crippen LogP contribution >= 0.6 is 11.8 Å². The molecule has 0 aliphatic carbocycles. The lowest BCUT2D eigenvalue weighted by Gasteiger charge is -2.25. The maximum absolute atomic E-state index is 12.4. The number of nitrogens with one attached hydrogen (secondary N) is 1. The van der Waals surface area contributed by atoms with E-state index in [0.717, 1.165) is 9.87 Å². The predicted octanol–water partition coefficient (Wildman–Crippen LogP) is 1.11. The minimum atomic E-state index is -3.59. The van der Waals surface area contributed by atoms with Crippen LogP contribution in [0.3, 0.4) is 0 Å². The topological polar surface area (TPSA) is 69.7 Å². The Hall–Kier alpha value is -1.09. The number of nitrogens with zero attached hydrogens (tertiary/aromatic N) is 2. The molecule has 0 saturated carbocycles. The van der Waals surface area contributed by atoms with Crippen molar-refractivity contribution in [1.82, 2.24) is 8.61 Å². The molecular formula is C13H19N3O3S2. The number of amides is 1. The van der Waals surface area contributed by atoms with Gasteiger partial charge in [-0.05, 0) is 18.6 Å². The first-order valence-electron chi connectivity index (χ1n) is 6.47.